The van der Waals surface area contributed by atoms with Gasteiger partial charge in [-0.15, -0.1) is 0 Å². The first kappa shape index (κ1) is 10.4. The topological polar surface area (TPSA) is 16.4 Å². The van der Waals surface area contributed by atoms with E-state index in [0.29, 0.717) is 6.04 Å². The minimum absolute atomic E-state index is 0.625. The van der Waals surface area contributed by atoms with Crippen LogP contribution in [-0.4, -0.2) is 17.5 Å². The van der Waals surface area contributed by atoms with Gasteiger partial charge >= 0.3 is 0 Å². The first-order valence-electron chi connectivity index (χ1n) is 6.64. The van der Waals surface area contributed by atoms with Gasteiger partial charge in [-0.1, -0.05) is 13.3 Å². The smallest absolute Gasteiger partial charge is 0.0950 e. The van der Waals surface area contributed by atoms with Gasteiger partial charge in [0.25, 0.3) is 0 Å². The molecule has 0 bridgehead atoms. The maximum Gasteiger partial charge on any atom is 0.0950 e. The molecule has 2 aliphatic heterocycles. The summed E-state index contributed by atoms with van der Waals surface area (Å²) in [5, 5.41) is 0. The second-order valence-electron chi connectivity index (χ2n) is 5.43. The lowest BCUT2D eigenvalue weighted by Gasteiger charge is -2.48. The lowest BCUT2D eigenvalue weighted by atomic mass is 9.80. The minimum atomic E-state index is 0.625. The zero-order valence-electron chi connectivity index (χ0n) is 10.1. The van der Waals surface area contributed by atoms with Gasteiger partial charge in [-0.25, -0.2) is 0 Å². The van der Waals surface area contributed by atoms with Crippen molar-refractivity contribution in [3.63, 3.8) is 0 Å². The summed E-state index contributed by atoms with van der Waals surface area (Å²) in [6.45, 7) is 3.71. The molecule has 2 fully saturated rings. The molecule has 1 aromatic rings. The Hall–Kier alpha value is -0.760. The fraction of sp³-hybridized carbons (Fsp3) is 0.714. The van der Waals surface area contributed by atoms with Crippen molar-refractivity contribution in [1.29, 1.82) is 0 Å². The van der Waals surface area contributed by atoms with Gasteiger partial charge in [0.2, 0.25) is 0 Å². The molecule has 2 aliphatic rings. The van der Waals surface area contributed by atoms with E-state index in [9.17, 15) is 0 Å². The number of nitrogens with zero attached hydrogens (tertiary/aromatic N) is 1. The molecule has 0 radical (unpaired) electrons. The molecule has 16 heavy (non-hydrogen) atoms. The van der Waals surface area contributed by atoms with Gasteiger partial charge in [-0.2, -0.15) is 0 Å². The van der Waals surface area contributed by atoms with Crippen molar-refractivity contribution in [2.24, 2.45) is 5.92 Å². The highest BCUT2D eigenvalue weighted by atomic mass is 16.3. The molecule has 0 amide bonds. The highest BCUT2D eigenvalue weighted by molar-refractivity contribution is 5.14. The van der Waals surface area contributed by atoms with Crippen LogP contribution in [0.4, 0.5) is 0 Å². The Morgan fingerprint density at radius 2 is 2.19 bits per heavy atom. The standard InChI is InChI=1S/C14H21NO/c1-11-5-6-14(12-7-9-16-10-12)15-8-3-2-4-13(11)15/h7,9-11,13-14H,2-6,8H2,1H3/t11-,13+,14+/m1/s1. The molecule has 0 aliphatic carbocycles. The van der Waals surface area contributed by atoms with Crippen molar-refractivity contribution in [3.8, 4) is 0 Å². The van der Waals surface area contributed by atoms with Crippen molar-refractivity contribution in [1.82, 2.24) is 4.90 Å². The normalized spacial score (nSPS) is 35.9. The molecule has 2 heteroatoms. The molecular weight excluding hydrogens is 198 g/mol. The van der Waals surface area contributed by atoms with Crippen LogP contribution in [0.5, 0.6) is 0 Å². The Bertz CT molecular complexity index is 333. The maximum absolute atomic E-state index is 5.25. The fourth-order valence-electron chi connectivity index (χ4n) is 3.58. The van der Waals surface area contributed by atoms with Crippen LogP contribution < -0.4 is 0 Å². The Morgan fingerprint density at radius 3 is 3.00 bits per heavy atom. The van der Waals surface area contributed by atoms with Crippen LogP contribution in [0.25, 0.3) is 0 Å². The van der Waals surface area contributed by atoms with Crippen LogP contribution in [0, 0.1) is 5.92 Å². The summed E-state index contributed by atoms with van der Waals surface area (Å²) in [5.41, 5.74) is 1.39. The fourth-order valence-corrected chi connectivity index (χ4v) is 3.58. The van der Waals surface area contributed by atoms with Crippen LogP contribution in [0.15, 0.2) is 23.0 Å². The summed E-state index contributed by atoms with van der Waals surface area (Å²) in [6, 6.07) is 3.59. The van der Waals surface area contributed by atoms with Crippen LogP contribution in [0.2, 0.25) is 0 Å². The zero-order chi connectivity index (χ0) is 11.0. The largest absolute Gasteiger partial charge is 0.472 e. The molecule has 0 saturated carbocycles. The molecule has 2 saturated heterocycles. The quantitative estimate of drug-likeness (QED) is 0.717. The summed E-state index contributed by atoms with van der Waals surface area (Å²) < 4.78 is 5.25. The van der Waals surface area contributed by atoms with Crippen LogP contribution in [0.1, 0.15) is 50.6 Å². The van der Waals surface area contributed by atoms with Crippen molar-refractivity contribution in [2.45, 2.75) is 51.1 Å². The molecule has 0 spiro atoms. The number of piperidine rings is 2. The molecule has 0 aromatic carbocycles. The van der Waals surface area contributed by atoms with E-state index in [2.05, 4.69) is 17.9 Å². The van der Waals surface area contributed by atoms with E-state index in [1.54, 1.807) is 0 Å². The maximum atomic E-state index is 5.25. The van der Waals surface area contributed by atoms with E-state index in [1.165, 1.54) is 44.2 Å². The van der Waals surface area contributed by atoms with Gasteiger partial charge in [0.05, 0.1) is 12.5 Å². The second kappa shape index (κ2) is 4.25. The van der Waals surface area contributed by atoms with Crippen molar-refractivity contribution >= 4 is 0 Å². The van der Waals surface area contributed by atoms with Gasteiger partial charge in [-0.05, 0) is 44.2 Å². The predicted molar refractivity (Wildman–Crippen MR) is 64.2 cm³/mol. The van der Waals surface area contributed by atoms with E-state index in [-0.39, 0.29) is 0 Å². The Kier molecular flexibility index (Phi) is 2.76. The molecule has 3 atom stereocenters. The number of furan rings is 1. The van der Waals surface area contributed by atoms with E-state index >= 15 is 0 Å². The highest BCUT2D eigenvalue weighted by Gasteiger charge is 2.37. The molecule has 2 nitrogen and oxygen atoms in total. The summed E-state index contributed by atoms with van der Waals surface area (Å²) in [7, 11) is 0. The lowest BCUT2D eigenvalue weighted by molar-refractivity contribution is 0.0168. The Morgan fingerprint density at radius 1 is 1.25 bits per heavy atom. The highest BCUT2D eigenvalue weighted by Crippen LogP contribution is 2.41. The Balaban J connectivity index is 1.84. The molecule has 1 aromatic heterocycles. The average Bonchev–Trinajstić information content (AvgIpc) is 2.83. The summed E-state index contributed by atoms with van der Waals surface area (Å²) >= 11 is 0. The van der Waals surface area contributed by atoms with Gasteiger partial charge in [0, 0.05) is 17.6 Å². The van der Waals surface area contributed by atoms with Crippen LogP contribution in [-0.2, 0) is 0 Å². The molecule has 0 N–H and O–H groups in total. The minimum Gasteiger partial charge on any atom is -0.472 e. The SMILES string of the molecule is C[C@@H]1CC[C@@H](c2ccoc2)N2CCCC[C@@H]12. The number of hydrogen-bond acceptors (Lipinski definition) is 2. The lowest BCUT2D eigenvalue weighted by Crippen LogP contribution is -2.48. The number of fused-ring (bicyclic) bond motifs is 1. The Labute approximate surface area is 97.6 Å². The van der Waals surface area contributed by atoms with Crippen LogP contribution in [0.3, 0.4) is 0 Å². The predicted octanol–water partition coefficient (Wildman–Crippen LogP) is 3.61. The van der Waals surface area contributed by atoms with Crippen LogP contribution >= 0.6 is 0 Å². The van der Waals surface area contributed by atoms with Gasteiger partial charge in [0.15, 0.2) is 0 Å². The summed E-state index contributed by atoms with van der Waals surface area (Å²) in [6.07, 6.45) is 10.6. The molecule has 88 valence electrons. The zero-order valence-corrected chi connectivity index (χ0v) is 10.1. The van der Waals surface area contributed by atoms with Crippen molar-refractivity contribution in [3.05, 3.63) is 24.2 Å². The molecular formula is C14H21NO. The van der Waals surface area contributed by atoms with E-state index in [1.807, 2.05) is 12.5 Å². The summed E-state index contributed by atoms with van der Waals surface area (Å²) in [4.78, 5) is 2.74. The number of rotatable bonds is 1. The van der Waals surface area contributed by atoms with E-state index in [0.717, 1.165) is 12.0 Å². The van der Waals surface area contributed by atoms with Gasteiger partial charge < -0.3 is 4.42 Å². The van der Waals surface area contributed by atoms with Crippen molar-refractivity contribution < 1.29 is 4.42 Å². The molecule has 3 rings (SSSR count). The first-order chi connectivity index (χ1) is 7.86. The third kappa shape index (κ3) is 1.69. The van der Waals surface area contributed by atoms with Gasteiger partial charge in [0.1, 0.15) is 0 Å². The van der Waals surface area contributed by atoms with E-state index < -0.39 is 0 Å². The molecule has 3 heterocycles. The third-order valence-electron chi connectivity index (χ3n) is 4.47. The average molecular weight is 219 g/mol. The third-order valence-corrected chi connectivity index (χ3v) is 4.47. The monoisotopic (exact) mass is 219 g/mol. The number of hydrogen-bond donors (Lipinski definition) is 0. The molecule has 0 unspecified atom stereocenters. The second-order valence-corrected chi connectivity index (χ2v) is 5.43. The van der Waals surface area contributed by atoms with Gasteiger partial charge in [-0.3, -0.25) is 4.90 Å². The summed E-state index contributed by atoms with van der Waals surface area (Å²) in [5.74, 6) is 0.878. The van der Waals surface area contributed by atoms with E-state index in [4.69, 9.17) is 4.42 Å². The first-order valence-corrected chi connectivity index (χ1v) is 6.64. The van der Waals surface area contributed by atoms with Crippen molar-refractivity contribution in [2.75, 3.05) is 6.54 Å².